The summed E-state index contributed by atoms with van der Waals surface area (Å²) in [6.45, 7) is 0. The van der Waals surface area contributed by atoms with Gasteiger partial charge in [-0.3, -0.25) is 14.9 Å². The second kappa shape index (κ2) is 6.84. The van der Waals surface area contributed by atoms with E-state index < -0.39 is 35.4 Å². The predicted molar refractivity (Wildman–Crippen MR) is 68.9 cm³/mol. The molecule has 1 aromatic carbocycles. The van der Waals surface area contributed by atoms with E-state index in [0.29, 0.717) is 0 Å². The fourth-order valence-electron chi connectivity index (χ4n) is 1.37. The summed E-state index contributed by atoms with van der Waals surface area (Å²) in [6, 6.07) is 2.30. The summed E-state index contributed by atoms with van der Waals surface area (Å²) in [5, 5.41) is 31.9. The van der Waals surface area contributed by atoms with Crippen molar-refractivity contribution in [1.82, 2.24) is 5.32 Å². The van der Waals surface area contributed by atoms with Crippen LogP contribution in [0.25, 0.3) is 0 Å². The first-order chi connectivity index (χ1) is 9.79. The Hall–Kier alpha value is -3.17. The number of carbonyl (C=O) groups is 3. The molecule has 0 aliphatic carbocycles. The molecule has 1 unspecified atom stereocenters. The first-order valence-electron chi connectivity index (χ1n) is 5.56. The van der Waals surface area contributed by atoms with Crippen molar-refractivity contribution in [3.63, 3.8) is 0 Å². The van der Waals surface area contributed by atoms with E-state index >= 15 is 0 Å². The number of nitro groups is 1. The van der Waals surface area contributed by atoms with Gasteiger partial charge in [0.2, 0.25) is 0 Å². The van der Waals surface area contributed by atoms with Gasteiger partial charge in [-0.05, 0) is 12.1 Å². The maximum atomic E-state index is 11.5. The molecule has 0 saturated heterocycles. The molecule has 0 heterocycles. The molecule has 2 amide bonds. The lowest BCUT2D eigenvalue weighted by molar-refractivity contribution is -0.384. The molecule has 0 radical (unpaired) electrons. The van der Waals surface area contributed by atoms with Crippen LogP contribution in [0.5, 0.6) is 0 Å². The molecular formula is C11H11N3O7. The van der Waals surface area contributed by atoms with E-state index in [4.69, 9.17) is 10.2 Å². The summed E-state index contributed by atoms with van der Waals surface area (Å²) in [4.78, 5) is 42.6. The normalized spacial score (nSPS) is 11.2. The molecule has 0 aliphatic rings. The Morgan fingerprint density at radius 1 is 1.19 bits per heavy atom. The van der Waals surface area contributed by atoms with E-state index in [2.05, 4.69) is 5.32 Å². The third kappa shape index (κ3) is 5.14. The molecule has 10 nitrogen and oxygen atoms in total. The van der Waals surface area contributed by atoms with E-state index in [1.807, 2.05) is 5.32 Å². The van der Waals surface area contributed by atoms with Crippen molar-refractivity contribution >= 4 is 29.3 Å². The number of urea groups is 1. The van der Waals surface area contributed by atoms with E-state index in [-0.39, 0.29) is 11.4 Å². The minimum absolute atomic E-state index is 0.171. The molecule has 1 rings (SSSR count). The second-order valence-corrected chi connectivity index (χ2v) is 3.89. The largest absolute Gasteiger partial charge is 0.481 e. The summed E-state index contributed by atoms with van der Waals surface area (Å²) in [7, 11) is 0. The van der Waals surface area contributed by atoms with Gasteiger partial charge in [0.25, 0.3) is 5.69 Å². The number of nitro benzene ring substituents is 1. The van der Waals surface area contributed by atoms with Crippen molar-refractivity contribution < 1.29 is 29.5 Å². The highest BCUT2D eigenvalue weighted by molar-refractivity contribution is 5.93. The van der Waals surface area contributed by atoms with Gasteiger partial charge >= 0.3 is 18.0 Å². The summed E-state index contributed by atoms with van der Waals surface area (Å²) in [6.07, 6.45) is -0.775. The van der Waals surface area contributed by atoms with Crippen LogP contribution in [0.2, 0.25) is 0 Å². The lowest BCUT2D eigenvalue weighted by Gasteiger charge is -2.13. The molecule has 0 spiro atoms. The van der Waals surface area contributed by atoms with Gasteiger partial charge in [0.15, 0.2) is 0 Å². The third-order valence-electron chi connectivity index (χ3n) is 2.32. The Kier molecular flexibility index (Phi) is 5.17. The number of amides is 2. The Bertz CT molecular complexity index is 570. The second-order valence-electron chi connectivity index (χ2n) is 3.89. The fourth-order valence-corrected chi connectivity index (χ4v) is 1.37. The molecule has 0 aromatic heterocycles. The van der Waals surface area contributed by atoms with E-state index in [1.54, 1.807) is 0 Å². The van der Waals surface area contributed by atoms with Gasteiger partial charge in [0, 0.05) is 17.8 Å². The van der Waals surface area contributed by atoms with E-state index in [0.717, 1.165) is 12.1 Å². The van der Waals surface area contributed by atoms with Crippen molar-refractivity contribution in [3.05, 3.63) is 34.4 Å². The van der Waals surface area contributed by atoms with Crippen LogP contribution in [0.15, 0.2) is 24.3 Å². The van der Waals surface area contributed by atoms with Crippen LogP contribution in [0.3, 0.4) is 0 Å². The quantitative estimate of drug-likeness (QED) is 0.443. The average Bonchev–Trinajstić information content (AvgIpc) is 2.37. The van der Waals surface area contributed by atoms with Crippen molar-refractivity contribution in [2.45, 2.75) is 12.5 Å². The monoisotopic (exact) mass is 297 g/mol. The van der Waals surface area contributed by atoms with Crippen LogP contribution >= 0.6 is 0 Å². The maximum absolute atomic E-state index is 11.5. The lowest BCUT2D eigenvalue weighted by atomic mass is 10.2. The van der Waals surface area contributed by atoms with Crippen molar-refractivity contribution in [1.29, 1.82) is 0 Å². The minimum Gasteiger partial charge on any atom is -0.481 e. The van der Waals surface area contributed by atoms with Crippen LogP contribution in [0.4, 0.5) is 16.2 Å². The Morgan fingerprint density at radius 3 is 2.19 bits per heavy atom. The van der Waals surface area contributed by atoms with Gasteiger partial charge in [0.05, 0.1) is 11.3 Å². The summed E-state index contributed by atoms with van der Waals surface area (Å²) in [5.41, 5.74) is 0.0211. The highest BCUT2D eigenvalue weighted by Crippen LogP contribution is 2.15. The number of aliphatic carboxylic acids is 2. The van der Waals surface area contributed by atoms with Crippen molar-refractivity contribution in [2.75, 3.05) is 5.32 Å². The van der Waals surface area contributed by atoms with Crippen LogP contribution in [-0.4, -0.2) is 39.1 Å². The van der Waals surface area contributed by atoms with Gasteiger partial charge in [-0.2, -0.15) is 0 Å². The highest BCUT2D eigenvalue weighted by Gasteiger charge is 2.23. The first-order valence-corrected chi connectivity index (χ1v) is 5.56. The number of carboxylic acid groups (broad SMARTS) is 2. The topological polar surface area (TPSA) is 159 Å². The molecule has 0 fully saturated rings. The molecule has 4 N–H and O–H groups in total. The maximum Gasteiger partial charge on any atom is 0.326 e. The minimum atomic E-state index is -1.58. The smallest absolute Gasteiger partial charge is 0.326 e. The van der Waals surface area contributed by atoms with Crippen LogP contribution in [0, 0.1) is 10.1 Å². The highest BCUT2D eigenvalue weighted by atomic mass is 16.6. The Balaban J connectivity index is 2.65. The first kappa shape index (κ1) is 15.9. The SMILES string of the molecule is O=C(O)CC(NC(=O)Nc1ccc([N+](=O)[O-])cc1)C(=O)O. The number of hydrogen-bond acceptors (Lipinski definition) is 5. The van der Waals surface area contributed by atoms with Gasteiger partial charge in [-0.25, -0.2) is 9.59 Å². The van der Waals surface area contributed by atoms with E-state index in [9.17, 15) is 24.5 Å². The molecule has 112 valence electrons. The number of non-ortho nitro benzene ring substituents is 1. The zero-order valence-corrected chi connectivity index (χ0v) is 10.5. The number of carboxylic acids is 2. The predicted octanol–water partition coefficient (Wildman–Crippen LogP) is 0.644. The average molecular weight is 297 g/mol. The Labute approximate surface area is 117 Å². The van der Waals surface area contributed by atoms with Gasteiger partial charge < -0.3 is 20.8 Å². The molecule has 0 saturated carbocycles. The van der Waals surface area contributed by atoms with Gasteiger partial charge in [-0.1, -0.05) is 0 Å². The Morgan fingerprint density at radius 2 is 1.76 bits per heavy atom. The number of nitrogens with zero attached hydrogens (tertiary/aromatic N) is 1. The number of anilines is 1. The zero-order chi connectivity index (χ0) is 16.0. The molecule has 0 bridgehead atoms. The number of benzene rings is 1. The molecule has 21 heavy (non-hydrogen) atoms. The number of nitrogens with one attached hydrogen (secondary N) is 2. The van der Waals surface area contributed by atoms with Crippen LogP contribution < -0.4 is 10.6 Å². The third-order valence-corrected chi connectivity index (χ3v) is 2.32. The van der Waals surface area contributed by atoms with E-state index in [1.165, 1.54) is 12.1 Å². The summed E-state index contributed by atoms with van der Waals surface area (Å²) < 4.78 is 0. The molecule has 10 heteroatoms. The number of rotatable bonds is 6. The fraction of sp³-hybridized carbons (Fsp3) is 0.182. The van der Waals surface area contributed by atoms with Crippen LogP contribution in [-0.2, 0) is 9.59 Å². The zero-order valence-electron chi connectivity index (χ0n) is 10.5. The van der Waals surface area contributed by atoms with Crippen molar-refractivity contribution in [2.24, 2.45) is 0 Å². The molecule has 1 atom stereocenters. The summed E-state index contributed by atoms with van der Waals surface area (Å²) >= 11 is 0. The lowest BCUT2D eigenvalue weighted by Crippen LogP contribution is -2.44. The number of carbonyl (C=O) groups excluding carboxylic acids is 1. The van der Waals surface area contributed by atoms with Gasteiger partial charge in [0.1, 0.15) is 6.04 Å². The molecule has 0 aliphatic heterocycles. The standard InChI is InChI=1S/C11H11N3O7/c15-9(16)5-8(10(17)18)13-11(19)12-6-1-3-7(4-2-6)14(20)21/h1-4,8H,5H2,(H,15,16)(H,17,18)(H2,12,13,19). The molecule has 1 aromatic rings. The van der Waals surface area contributed by atoms with Crippen molar-refractivity contribution in [3.8, 4) is 0 Å². The molecular weight excluding hydrogens is 286 g/mol. The van der Waals surface area contributed by atoms with Gasteiger partial charge in [-0.15, -0.1) is 0 Å². The van der Waals surface area contributed by atoms with Crippen LogP contribution in [0.1, 0.15) is 6.42 Å². The summed E-state index contributed by atoms with van der Waals surface area (Å²) in [5.74, 6) is -2.87. The number of hydrogen-bond donors (Lipinski definition) is 4.